The summed E-state index contributed by atoms with van der Waals surface area (Å²) < 4.78 is 12.1. The van der Waals surface area contributed by atoms with Gasteiger partial charge in [-0.25, -0.2) is 9.38 Å². The Hall–Kier alpha value is -0.470. The molecular formula is C4H3FN2S2. The van der Waals surface area contributed by atoms with Crippen molar-refractivity contribution in [1.29, 1.82) is 0 Å². The zero-order chi connectivity index (χ0) is 7.11. The van der Waals surface area contributed by atoms with Gasteiger partial charge in [0.05, 0.1) is 10.3 Å². The molecule has 0 aliphatic carbocycles. The van der Waals surface area contributed by atoms with Crippen LogP contribution in [0.5, 0.6) is 0 Å². The predicted octanol–water partition coefficient (Wildman–Crippen LogP) is 1.49. The van der Waals surface area contributed by atoms with Crippen LogP contribution < -0.4 is 0 Å². The normalized spacial score (nSPS) is 10.8. The number of alkyl halides is 1. The molecule has 0 spiro atoms. The highest BCUT2D eigenvalue weighted by Crippen LogP contribution is 1.90. The number of hydrogen-bond donors (Lipinski definition) is 0. The lowest BCUT2D eigenvalue weighted by atomic mass is 10.6. The summed E-state index contributed by atoms with van der Waals surface area (Å²) >= 11 is 8.32. The number of isothiocyanates is 2. The molecule has 0 fully saturated rings. The minimum Gasteiger partial charge on any atom is -0.227 e. The second-order valence-electron chi connectivity index (χ2n) is 1.09. The molecule has 0 saturated carbocycles. The standard InChI is InChI=1S/C4H3FN2S2/c5-4(7-3-9)1-6-2-8/h4H,1H2. The van der Waals surface area contributed by atoms with Gasteiger partial charge in [0.1, 0.15) is 6.54 Å². The topological polar surface area (TPSA) is 24.7 Å². The molecule has 0 bridgehead atoms. The van der Waals surface area contributed by atoms with Crippen LogP contribution >= 0.6 is 24.4 Å². The van der Waals surface area contributed by atoms with Crippen molar-refractivity contribution in [2.24, 2.45) is 9.98 Å². The monoisotopic (exact) mass is 162 g/mol. The van der Waals surface area contributed by atoms with Gasteiger partial charge < -0.3 is 0 Å². The van der Waals surface area contributed by atoms with Crippen LogP contribution in [-0.4, -0.2) is 23.2 Å². The number of aliphatic imine (C=N–C) groups is 2. The first kappa shape index (κ1) is 8.53. The maximum Gasteiger partial charge on any atom is 0.219 e. The Labute approximate surface area is 62.5 Å². The number of rotatable bonds is 3. The maximum atomic E-state index is 12.1. The minimum absolute atomic E-state index is 0.118. The third-order valence-electron chi connectivity index (χ3n) is 0.499. The lowest BCUT2D eigenvalue weighted by molar-refractivity contribution is 0.359. The molecule has 0 radical (unpaired) electrons. The Morgan fingerprint density at radius 3 is 2.56 bits per heavy atom. The summed E-state index contributed by atoms with van der Waals surface area (Å²) in [4.78, 5) is 6.38. The summed E-state index contributed by atoms with van der Waals surface area (Å²) in [6.07, 6.45) is -1.42. The van der Waals surface area contributed by atoms with Crippen LogP contribution in [0.1, 0.15) is 0 Å². The van der Waals surface area contributed by atoms with E-state index in [-0.39, 0.29) is 6.54 Å². The zero-order valence-corrected chi connectivity index (χ0v) is 6.01. The molecule has 0 rings (SSSR count). The number of hydrogen-bond acceptors (Lipinski definition) is 4. The average molecular weight is 162 g/mol. The van der Waals surface area contributed by atoms with E-state index in [1.165, 1.54) is 0 Å². The van der Waals surface area contributed by atoms with Crippen molar-refractivity contribution >= 4 is 34.8 Å². The molecule has 0 aromatic heterocycles. The van der Waals surface area contributed by atoms with Crippen molar-refractivity contribution in [2.75, 3.05) is 6.54 Å². The molecule has 0 aliphatic rings. The van der Waals surface area contributed by atoms with Crippen LogP contribution in [0.3, 0.4) is 0 Å². The van der Waals surface area contributed by atoms with Crippen LogP contribution in [0.15, 0.2) is 9.98 Å². The molecule has 2 nitrogen and oxygen atoms in total. The van der Waals surface area contributed by atoms with E-state index in [1.807, 2.05) is 10.3 Å². The van der Waals surface area contributed by atoms with E-state index < -0.39 is 6.30 Å². The SMILES string of the molecule is FC(CN=C=S)N=C=S. The summed E-state index contributed by atoms with van der Waals surface area (Å²) in [7, 11) is 0. The van der Waals surface area contributed by atoms with E-state index in [0.717, 1.165) is 0 Å². The Balaban J connectivity index is 3.62. The number of halogens is 1. The van der Waals surface area contributed by atoms with Crippen LogP contribution in [0.4, 0.5) is 4.39 Å². The first-order valence-electron chi connectivity index (χ1n) is 2.06. The fourth-order valence-corrected chi connectivity index (χ4v) is 0.400. The minimum atomic E-state index is -1.42. The largest absolute Gasteiger partial charge is 0.227 e. The van der Waals surface area contributed by atoms with Crippen LogP contribution in [0.2, 0.25) is 0 Å². The van der Waals surface area contributed by atoms with Gasteiger partial charge >= 0.3 is 0 Å². The zero-order valence-electron chi connectivity index (χ0n) is 4.37. The molecule has 0 N–H and O–H groups in total. The van der Waals surface area contributed by atoms with Crippen molar-refractivity contribution in [3.63, 3.8) is 0 Å². The van der Waals surface area contributed by atoms with Gasteiger partial charge in [-0.05, 0) is 24.4 Å². The van der Waals surface area contributed by atoms with Crippen molar-refractivity contribution in [2.45, 2.75) is 6.30 Å². The molecule has 0 aromatic carbocycles. The Kier molecular flexibility index (Phi) is 5.37. The fraction of sp³-hybridized carbons (Fsp3) is 0.500. The summed E-state index contributed by atoms with van der Waals surface area (Å²) in [5.74, 6) is 0. The first-order valence-corrected chi connectivity index (χ1v) is 2.87. The molecule has 1 unspecified atom stereocenters. The lowest BCUT2D eigenvalue weighted by Gasteiger charge is -1.89. The highest BCUT2D eigenvalue weighted by atomic mass is 32.1. The quantitative estimate of drug-likeness (QED) is 0.357. The molecule has 5 heteroatoms. The van der Waals surface area contributed by atoms with Crippen LogP contribution in [0.25, 0.3) is 0 Å². The van der Waals surface area contributed by atoms with Gasteiger partial charge in [0.15, 0.2) is 0 Å². The van der Waals surface area contributed by atoms with Gasteiger partial charge in [-0.15, -0.1) is 0 Å². The van der Waals surface area contributed by atoms with E-state index in [4.69, 9.17) is 0 Å². The van der Waals surface area contributed by atoms with Gasteiger partial charge in [-0.3, -0.25) is 0 Å². The summed E-state index contributed by atoms with van der Waals surface area (Å²) in [6, 6.07) is 0. The van der Waals surface area contributed by atoms with Gasteiger partial charge in [0.25, 0.3) is 0 Å². The van der Waals surface area contributed by atoms with Crippen LogP contribution in [-0.2, 0) is 0 Å². The second kappa shape index (κ2) is 5.66. The van der Waals surface area contributed by atoms with Crippen molar-refractivity contribution in [1.82, 2.24) is 0 Å². The van der Waals surface area contributed by atoms with E-state index in [2.05, 4.69) is 34.4 Å². The van der Waals surface area contributed by atoms with E-state index >= 15 is 0 Å². The van der Waals surface area contributed by atoms with E-state index in [1.54, 1.807) is 0 Å². The smallest absolute Gasteiger partial charge is 0.219 e. The molecule has 1 atom stereocenters. The molecular weight excluding hydrogens is 159 g/mol. The third-order valence-corrected chi connectivity index (χ3v) is 0.734. The predicted molar refractivity (Wildman–Crippen MR) is 39.8 cm³/mol. The molecule has 9 heavy (non-hydrogen) atoms. The summed E-state index contributed by atoms with van der Waals surface area (Å²) in [6.45, 7) is -0.118. The van der Waals surface area contributed by atoms with Gasteiger partial charge in [-0.1, -0.05) is 0 Å². The van der Waals surface area contributed by atoms with Crippen molar-refractivity contribution < 1.29 is 4.39 Å². The Bertz CT molecular complexity index is 169. The average Bonchev–Trinajstić information content (AvgIpc) is 1.85. The van der Waals surface area contributed by atoms with E-state index in [0.29, 0.717) is 0 Å². The van der Waals surface area contributed by atoms with Gasteiger partial charge in [-0.2, -0.15) is 4.99 Å². The van der Waals surface area contributed by atoms with Crippen molar-refractivity contribution in [3.8, 4) is 0 Å². The number of thiocarbonyl (C=S) groups is 2. The van der Waals surface area contributed by atoms with Crippen LogP contribution in [0, 0.1) is 0 Å². The Morgan fingerprint density at radius 1 is 1.44 bits per heavy atom. The fourth-order valence-electron chi connectivity index (χ4n) is 0.211. The lowest BCUT2D eigenvalue weighted by Crippen LogP contribution is -1.98. The first-order chi connectivity index (χ1) is 4.31. The molecule has 0 heterocycles. The van der Waals surface area contributed by atoms with Gasteiger partial charge in [0, 0.05) is 0 Å². The molecule has 0 amide bonds. The summed E-state index contributed by atoms with van der Waals surface area (Å²) in [5.41, 5.74) is 0. The molecule has 0 aromatic rings. The maximum absolute atomic E-state index is 12.1. The van der Waals surface area contributed by atoms with Gasteiger partial charge in [0.2, 0.25) is 6.30 Å². The molecule has 48 valence electrons. The highest BCUT2D eigenvalue weighted by molar-refractivity contribution is 7.78. The van der Waals surface area contributed by atoms with Crippen molar-refractivity contribution in [3.05, 3.63) is 0 Å². The Morgan fingerprint density at radius 2 is 2.11 bits per heavy atom. The second-order valence-corrected chi connectivity index (χ2v) is 1.45. The summed E-state index contributed by atoms with van der Waals surface area (Å²) in [5, 5.41) is 3.89. The molecule has 0 aliphatic heterocycles. The highest BCUT2D eigenvalue weighted by Gasteiger charge is 1.97. The number of nitrogens with zero attached hydrogens (tertiary/aromatic N) is 2. The molecule has 0 saturated heterocycles. The van der Waals surface area contributed by atoms with E-state index in [9.17, 15) is 4.39 Å². The third kappa shape index (κ3) is 5.40.